The lowest BCUT2D eigenvalue weighted by Gasteiger charge is -2.22. The van der Waals surface area contributed by atoms with Crippen LogP contribution in [0.2, 0.25) is 0 Å². The highest BCUT2D eigenvalue weighted by Gasteiger charge is 2.28. The van der Waals surface area contributed by atoms with Crippen LogP contribution in [0.5, 0.6) is 0 Å². The van der Waals surface area contributed by atoms with Crippen molar-refractivity contribution >= 4 is 23.2 Å². The number of hydrogen-bond acceptors (Lipinski definition) is 5. The summed E-state index contributed by atoms with van der Waals surface area (Å²) in [6.45, 7) is 2.13. The second-order valence-electron chi connectivity index (χ2n) is 6.47. The number of nitriles is 1. The van der Waals surface area contributed by atoms with E-state index in [0.717, 1.165) is 12.1 Å². The molecule has 1 N–H and O–H groups in total. The van der Waals surface area contributed by atoms with Crippen LogP contribution in [-0.2, 0) is 6.42 Å². The van der Waals surface area contributed by atoms with E-state index in [-0.39, 0.29) is 11.9 Å². The van der Waals surface area contributed by atoms with Crippen LogP contribution < -0.4 is 10.2 Å². The minimum absolute atomic E-state index is 0.265. The van der Waals surface area contributed by atoms with Crippen molar-refractivity contribution < 1.29 is 4.79 Å². The molecule has 0 spiro atoms. The number of amides is 1. The molecule has 1 aliphatic heterocycles. The van der Waals surface area contributed by atoms with Crippen LogP contribution in [0.1, 0.15) is 28.4 Å². The Kier molecular flexibility index (Phi) is 4.27. The molecule has 1 atom stereocenters. The molecule has 1 aliphatic rings. The van der Waals surface area contributed by atoms with Crippen molar-refractivity contribution in [1.29, 1.82) is 5.26 Å². The number of rotatable bonds is 3. The van der Waals surface area contributed by atoms with E-state index >= 15 is 0 Å². The van der Waals surface area contributed by atoms with Crippen LogP contribution in [0, 0.1) is 11.3 Å². The van der Waals surface area contributed by atoms with Gasteiger partial charge in [-0.25, -0.2) is 9.97 Å². The summed E-state index contributed by atoms with van der Waals surface area (Å²) in [5.74, 6) is 0.295. The van der Waals surface area contributed by atoms with Crippen LogP contribution in [0.3, 0.4) is 0 Å². The fourth-order valence-corrected chi connectivity index (χ4v) is 3.26. The Bertz CT molecular complexity index is 1020. The van der Waals surface area contributed by atoms with Gasteiger partial charge in [0.15, 0.2) is 0 Å². The lowest BCUT2D eigenvalue weighted by Crippen LogP contribution is -2.26. The summed E-state index contributed by atoms with van der Waals surface area (Å²) >= 11 is 0. The maximum atomic E-state index is 12.4. The van der Waals surface area contributed by atoms with Crippen LogP contribution in [0.25, 0.3) is 0 Å². The van der Waals surface area contributed by atoms with E-state index in [1.54, 1.807) is 24.3 Å². The van der Waals surface area contributed by atoms with Gasteiger partial charge < -0.3 is 10.2 Å². The monoisotopic (exact) mass is 355 g/mol. The van der Waals surface area contributed by atoms with Gasteiger partial charge in [-0.1, -0.05) is 18.2 Å². The highest BCUT2D eigenvalue weighted by Crippen LogP contribution is 2.36. The first-order valence-electron chi connectivity index (χ1n) is 8.66. The van der Waals surface area contributed by atoms with Crippen LogP contribution in [0.4, 0.5) is 17.3 Å². The van der Waals surface area contributed by atoms with Crippen LogP contribution >= 0.6 is 0 Å². The highest BCUT2D eigenvalue weighted by molar-refractivity contribution is 6.03. The molecule has 0 saturated carbocycles. The molecule has 0 radical (unpaired) electrons. The largest absolute Gasteiger partial charge is 0.322 e. The summed E-state index contributed by atoms with van der Waals surface area (Å²) in [7, 11) is 0. The van der Waals surface area contributed by atoms with E-state index < -0.39 is 0 Å². The zero-order valence-corrected chi connectivity index (χ0v) is 14.8. The Hall–Kier alpha value is -3.72. The SMILES string of the molecule is CC1Cc2ccccc2N1c1ncc(C(=O)Nc2ccc(C#N)cc2)cn1. The third-order valence-electron chi connectivity index (χ3n) is 4.59. The van der Waals surface area contributed by atoms with Gasteiger partial charge >= 0.3 is 0 Å². The number of carbonyl (C=O) groups excluding carboxylic acids is 1. The van der Waals surface area contributed by atoms with Gasteiger partial charge in [-0.3, -0.25) is 4.79 Å². The molecule has 6 nitrogen and oxygen atoms in total. The number of para-hydroxylation sites is 1. The summed E-state index contributed by atoms with van der Waals surface area (Å²) in [4.78, 5) is 23.3. The summed E-state index contributed by atoms with van der Waals surface area (Å²) < 4.78 is 0. The lowest BCUT2D eigenvalue weighted by molar-refractivity contribution is 0.102. The normalized spacial score (nSPS) is 15.1. The Morgan fingerprint density at radius 1 is 1.15 bits per heavy atom. The topological polar surface area (TPSA) is 81.9 Å². The van der Waals surface area contributed by atoms with Gasteiger partial charge in [-0.15, -0.1) is 0 Å². The lowest BCUT2D eigenvalue weighted by atomic mass is 10.1. The quantitative estimate of drug-likeness (QED) is 0.775. The van der Waals surface area contributed by atoms with Gasteiger partial charge in [-0.2, -0.15) is 5.26 Å². The molecule has 3 aromatic rings. The summed E-state index contributed by atoms with van der Waals surface area (Å²) in [5.41, 5.74) is 3.92. The van der Waals surface area contributed by atoms with Gasteiger partial charge in [0.05, 0.1) is 17.2 Å². The van der Waals surface area contributed by atoms with Crippen molar-refractivity contribution in [2.45, 2.75) is 19.4 Å². The molecule has 0 bridgehead atoms. The second kappa shape index (κ2) is 6.89. The fourth-order valence-electron chi connectivity index (χ4n) is 3.26. The molecule has 1 unspecified atom stereocenters. The number of carbonyl (C=O) groups is 1. The zero-order valence-electron chi connectivity index (χ0n) is 14.8. The number of benzene rings is 2. The molecule has 4 rings (SSSR count). The van der Waals surface area contributed by atoms with Crippen molar-refractivity contribution in [3.8, 4) is 6.07 Å². The minimum atomic E-state index is -0.291. The molecule has 6 heteroatoms. The van der Waals surface area contributed by atoms with E-state index in [4.69, 9.17) is 5.26 Å². The third-order valence-corrected chi connectivity index (χ3v) is 4.59. The van der Waals surface area contributed by atoms with Crippen molar-refractivity contribution in [1.82, 2.24) is 9.97 Å². The molecule has 0 aliphatic carbocycles. The van der Waals surface area contributed by atoms with Crippen molar-refractivity contribution in [3.05, 3.63) is 77.6 Å². The molecule has 2 heterocycles. The van der Waals surface area contributed by atoms with Gasteiger partial charge in [-0.05, 0) is 49.2 Å². The summed E-state index contributed by atoms with van der Waals surface area (Å²) in [6.07, 6.45) is 4.02. The van der Waals surface area contributed by atoms with Crippen molar-refractivity contribution in [2.75, 3.05) is 10.2 Å². The molecule has 27 heavy (non-hydrogen) atoms. The number of hydrogen-bond donors (Lipinski definition) is 1. The maximum absolute atomic E-state index is 12.4. The summed E-state index contributed by atoms with van der Waals surface area (Å²) in [6, 6.07) is 17.2. The number of fused-ring (bicyclic) bond motifs is 1. The Labute approximate surface area is 157 Å². The van der Waals surface area contributed by atoms with E-state index in [1.807, 2.05) is 18.2 Å². The maximum Gasteiger partial charge on any atom is 0.258 e. The average Bonchev–Trinajstić information content (AvgIpc) is 3.04. The van der Waals surface area contributed by atoms with Gasteiger partial charge in [0.25, 0.3) is 5.91 Å². The van der Waals surface area contributed by atoms with Gasteiger partial charge in [0.2, 0.25) is 5.95 Å². The number of nitrogens with zero attached hydrogens (tertiary/aromatic N) is 4. The third kappa shape index (κ3) is 3.23. The zero-order chi connectivity index (χ0) is 18.8. The standard InChI is InChI=1S/C21H17N5O/c1-14-10-16-4-2-3-5-19(16)26(14)21-23-12-17(13-24-21)20(27)25-18-8-6-15(11-22)7-9-18/h2-9,12-14H,10H2,1H3,(H,25,27). The summed E-state index contributed by atoms with van der Waals surface area (Å²) in [5, 5.41) is 11.6. The average molecular weight is 355 g/mol. The minimum Gasteiger partial charge on any atom is -0.322 e. The molecule has 0 fully saturated rings. The molecule has 2 aromatic carbocycles. The molecule has 132 valence electrons. The number of nitrogens with one attached hydrogen (secondary N) is 1. The van der Waals surface area contributed by atoms with E-state index in [2.05, 4.69) is 39.2 Å². The Balaban J connectivity index is 1.52. The predicted molar refractivity (Wildman–Crippen MR) is 103 cm³/mol. The smallest absolute Gasteiger partial charge is 0.258 e. The van der Waals surface area contributed by atoms with Crippen molar-refractivity contribution in [3.63, 3.8) is 0 Å². The molecular weight excluding hydrogens is 338 g/mol. The Morgan fingerprint density at radius 2 is 1.85 bits per heavy atom. The van der Waals surface area contributed by atoms with Crippen molar-refractivity contribution in [2.24, 2.45) is 0 Å². The first kappa shape index (κ1) is 16.7. The second-order valence-corrected chi connectivity index (χ2v) is 6.47. The number of anilines is 3. The Morgan fingerprint density at radius 3 is 2.56 bits per heavy atom. The van der Waals surface area contributed by atoms with Gasteiger partial charge in [0, 0.05) is 29.8 Å². The fraction of sp³-hybridized carbons (Fsp3) is 0.143. The number of aromatic nitrogens is 2. The van der Waals surface area contributed by atoms with Crippen LogP contribution in [-0.4, -0.2) is 21.9 Å². The molecule has 1 aromatic heterocycles. The molecule has 0 saturated heterocycles. The van der Waals surface area contributed by atoms with Crippen LogP contribution in [0.15, 0.2) is 60.9 Å². The predicted octanol–water partition coefficient (Wildman–Crippen LogP) is 3.68. The first-order chi connectivity index (χ1) is 13.2. The molecular formula is C21H17N5O. The van der Waals surface area contributed by atoms with E-state index in [9.17, 15) is 4.79 Å². The van der Waals surface area contributed by atoms with Gasteiger partial charge in [0.1, 0.15) is 0 Å². The molecule has 1 amide bonds. The van der Waals surface area contributed by atoms with E-state index in [0.29, 0.717) is 22.8 Å². The first-order valence-corrected chi connectivity index (χ1v) is 8.66. The van der Waals surface area contributed by atoms with E-state index in [1.165, 1.54) is 18.0 Å². The highest BCUT2D eigenvalue weighted by atomic mass is 16.1.